The van der Waals surface area contributed by atoms with Gasteiger partial charge in [-0.15, -0.1) is 0 Å². The molecule has 1 aromatic rings. The number of carbonyl (C=O) groups excluding carboxylic acids is 2. The lowest BCUT2D eigenvalue weighted by Crippen LogP contribution is -2.40. The number of aromatic carboxylic acids is 1. The molecule has 0 aliphatic carbocycles. The molecule has 2 amide bonds. The van der Waals surface area contributed by atoms with E-state index >= 15 is 0 Å². The van der Waals surface area contributed by atoms with E-state index in [4.69, 9.17) is 5.11 Å². The van der Waals surface area contributed by atoms with Crippen LogP contribution in [0, 0.1) is 10.1 Å². The molecule has 130 valence electrons. The van der Waals surface area contributed by atoms with Crippen molar-refractivity contribution in [3.63, 3.8) is 0 Å². The smallest absolute Gasteiger partial charge is 0.405 e. The van der Waals surface area contributed by atoms with Gasteiger partial charge >= 0.3 is 12.1 Å². The number of nitro benzene ring substituents is 1. The molecule has 0 atom stereocenters. The number of nitrogens with zero attached hydrogens (tertiary/aromatic N) is 1. The highest BCUT2D eigenvalue weighted by molar-refractivity contribution is 5.99. The SMILES string of the molecule is O=C(CNC(=O)c1cc(C(=O)O)cc([N+](=O)[O-])c1)NCC(F)(F)F. The molecule has 0 unspecified atom stereocenters. The van der Waals surface area contributed by atoms with Crippen molar-refractivity contribution in [2.45, 2.75) is 6.18 Å². The van der Waals surface area contributed by atoms with Crippen molar-refractivity contribution >= 4 is 23.5 Å². The van der Waals surface area contributed by atoms with Crippen LogP contribution in [0.25, 0.3) is 0 Å². The summed E-state index contributed by atoms with van der Waals surface area (Å²) >= 11 is 0. The Morgan fingerprint density at radius 2 is 1.71 bits per heavy atom. The van der Waals surface area contributed by atoms with Gasteiger partial charge in [0.15, 0.2) is 0 Å². The van der Waals surface area contributed by atoms with E-state index in [-0.39, 0.29) is 0 Å². The van der Waals surface area contributed by atoms with Crippen LogP contribution in [0.15, 0.2) is 18.2 Å². The standard InChI is InChI=1S/C12H10F3N3O6/c13-12(14,15)5-17-9(19)4-16-10(20)6-1-7(11(21)22)3-8(2-6)18(23)24/h1-3H,4-5H2,(H,16,20)(H,17,19)(H,21,22). The fourth-order valence-corrected chi connectivity index (χ4v) is 1.50. The summed E-state index contributed by atoms with van der Waals surface area (Å²) < 4.78 is 35.7. The fraction of sp³-hybridized carbons (Fsp3) is 0.250. The topological polar surface area (TPSA) is 139 Å². The van der Waals surface area contributed by atoms with Crippen LogP contribution in [0.2, 0.25) is 0 Å². The van der Waals surface area contributed by atoms with Gasteiger partial charge in [0, 0.05) is 17.7 Å². The van der Waals surface area contributed by atoms with E-state index < -0.39 is 58.8 Å². The Hall–Kier alpha value is -3.18. The first-order valence-corrected chi connectivity index (χ1v) is 6.14. The van der Waals surface area contributed by atoms with Gasteiger partial charge in [-0.3, -0.25) is 19.7 Å². The van der Waals surface area contributed by atoms with E-state index in [0.29, 0.717) is 0 Å². The highest BCUT2D eigenvalue weighted by atomic mass is 19.4. The van der Waals surface area contributed by atoms with Gasteiger partial charge < -0.3 is 15.7 Å². The minimum Gasteiger partial charge on any atom is -0.478 e. The van der Waals surface area contributed by atoms with Crippen molar-refractivity contribution in [2.24, 2.45) is 0 Å². The van der Waals surface area contributed by atoms with Crippen LogP contribution in [0.5, 0.6) is 0 Å². The highest BCUT2D eigenvalue weighted by Gasteiger charge is 2.27. The maximum Gasteiger partial charge on any atom is 0.405 e. The number of rotatable bonds is 6. The summed E-state index contributed by atoms with van der Waals surface area (Å²) in [5.41, 5.74) is -1.62. The normalized spacial score (nSPS) is 10.8. The second-order valence-corrected chi connectivity index (χ2v) is 4.41. The summed E-state index contributed by atoms with van der Waals surface area (Å²) in [6.07, 6.45) is -4.61. The zero-order chi connectivity index (χ0) is 18.5. The summed E-state index contributed by atoms with van der Waals surface area (Å²) in [6, 6.07) is 2.34. The number of nitrogens with one attached hydrogen (secondary N) is 2. The van der Waals surface area contributed by atoms with Crippen LogP contribution in [-0.4, -0.2) is 47.1 Å². The van der Waals surface area contributed by atoms with Crippen LogP contribution >= 0.6 is 0 Å². The molecule has 0 saturated heterocycles. The zero-order valence-corrected chi connectivity index (χ0v) is 11.7. The number of hydrogen-bond acceptors (Lipinski definition) is 5. The predicted molar refractivity (Wildman–Crippen MR) is 71.5 cm³/mol. The third-order valence-electron chi connectivity index (χ3n) is 2.53. The number of halogens is 3. The van der Waals surface area contributed by atoms with Crippen molar-refractivity contribution in [3.8, 4) is 0 Å². The monoisotopic (exact) mass is 349 g/mol. The van der Waals surface area contributed by atoms with Gasteiger partial charge in [0.1, 0.15) is 6.54 Å². The summed E-state index contributed by atoms with van der Waals surface area (Å²) in [7, 11) is 0. The number of hydrogen-bond donors (Lipinski definition) is 3. The molecular weight excluding hydrogens is 339 g/mol. The quantitative estimate of drug-likeness (QED) is 0.510. The molecular formula is C12H10F3N3O6. The molecule has 0 bridgehead atoms. The van der Waals surface area contributed by atoms with E-state index in [1.165, 1.54) is 5.32 Å². The first kappa shape index (κ1) is 18.9. The van der Waals surface area contributed by atoms with E-state index in [0.717, 1.165) is 18.2 Å². The number of non-ortho nitro benzene ring substituents is 1. The first-order chi connectivity index (χ1) is 11.0. The second-order valence-electron chi connectivity index (χ2n) is 4.41. The Labute approximate surface area is 131 Å². The number of alkyl halides is 3. The van der Waals surface area contributed by atoms with Crippen molar-refractivity contribution in [1.29, 1.82) is 0 Å². The molecule has 12 heteroatoms. The van der Waals surface area contributed by atoms with Gasteiger partial charge in [0.05, 0.1) is 17.0 Å². The summed E-state index contributed by atoms with van der Waals surface area (Å²) in [4.78, 5) is 43.6. The molecule has 0 aliphatic rings. The zero-order valence-electron chi connectivity index (χ0n) is 11.7. The number of nitro groups is 1. The van der Waals surface area contributed by atoms with E-state index in [2.05, 4.69) is 0 Å². The predicted octanol–water partition coefficient (Wildman–Crippen LogP) is 0.701. The Kier molecular flexibility index (Phi) is 5.81. The lowest BCUT2D eigenvalue weighted by Gasteiger charge is -2.09. The summed E-state index contributed by atoms with van der Waals surface area (Å²) in [6.45, 7) is -2.40. The van der Waals surface area contributed by atoms with Crippen LogP contribution < -0.4 is 10.6 Å². The molecule has 0 heterocycles. The van der Waals surface area contributed by atoms with Gasteiger partial charge in [0.25, 0.3) is 11.6 Å². The number of amides is 2. The number of carboxylic acids is 1. The van der Waals surface area contributed by atoms with Crippen LogP contribution in [-0.2, 0) is 4.79 Å². The van der Waals surface area contributed by atoms with Gasteiger partial charge in [0.2, 0.25) is 5.91 Å². The lowest BCUT2D eigenvalue weighted by molar-refractivity contribution is -0.384. The maximum atomic E-state index is 11.9. The molecule has 1 aromatic carbocycles. The minimum absolute atomic E-state index is 0.426. The molecule has 0 saturated carbocycles. The van der Waals surface area contributed by atoms with Crippen molar-refractivity contribution < 1.29 is 37.6 Å². The van der Waals surface area contributed by atoms with Crippen molar-refractivity contribution in [1.82, 2.24) is 10.6 Å². The van der Waals surface area contributed by atoms with E-state index in [9.17, 15) is 37.7 Å². The Morgan fingerprint density at radius 3 is 2.21 bits per heavy atom. The number of benzene rings is 1. The third kappa shape index (κ3) is 5.90. The average Bonchev–Trinajstić information content (AvgIpc) is 2.49. The van der Waals surface area contributed by atoms with E-state index in [1.54, 1.807) is 0 Å². The first-order valence-electron chi connectivity index (χ1n) is 6.14. The molecule has 0 radical (unpaired) electrons. The second kappa shape index (κ2) is 7.39. The van der Waals surface area contributed by atoms with Crippen molar-refractivity contribution in [2.75, 3.05) is 13.1 Å². The van der Waals surface area contributed by atoms with Gasteiger partial charge in [-0.25, -0.2) is 4.79 Å². The molecule has 0 aromatic heterocycles. The minimum atomic E-state index is -4.61. The maximum absolute atomic E-state index is 11.9. The summed E-state index contributed by atoms with van der Waals surface area (Å²) in [5.74, 6) is -3.71. The molecule has 0 aliphatic heterocycles. The molecule has 24 heavy (non-hydrogen) atoms. The van der Waals surface area contributed by atoms with Gasteiger partial charge in [-0.2, -0.15) is 13.2 Å². The van der Waals surface area contributed by atoms with Crippen molar-refractivity contribution in [3.05, 3.63) is 39.4 Å². The lowest BCUT2D eigenvalue weighted by atomic mass is 10.1. The largest absolute Gasteiger partial charge is 0.478 e. The fourth-order valence-electron chi connectivity index (χ4n) is 1.50. The van der Waals surface area contributed by atoms with E-state index in [1.807, 2.05) is 5.32 Å². The Morgan fingerprint density at radius 1 is 1.12 bits per heavy atom. The molecule has 9 nitrogen and oxygen atoms in total. The Bertz CT molecular complexity index is 657. The molecule has 3 N–H and O–H groups in total. The molecule has 0 fully saturated rings. The van der Waals surface area contributed by atoms with Crippen LogP contribution in [0.3, 0.4) is 0 Å². The van der Waals surface area contributed by atoms with Gasteiger partial charge in [-0.1, -0.05) is 0 Å². The molecule has 0 spiro atoms. The summed E-state index contributed by atoms with van der Waals surface area (Å²) in [5, 5.41) is 23.0. The van der Waals surface area contributed by atoms with Crippen LogP contribution in [0.4, 0.5) is 18.9 Å². The number of carbonyl (C=O) groups is 3. The highest BCUT2D eigenvalue weighted by Crippen LogP contribution is 2.17. The molecule has 1 rings (SSSR count). The number of carboxylic acid groups (broad SMARTS) is 1. The third-order valence-corrected chi connectivity index (χ3v) is 2.53. The van der Waals surface area contributed by atoms with Gasteiger partial charge in [-0.05, 0) is 6.07 Å². The average molecular weight is 349 g/mol. The van der Waals surface area contributed by atoms with Crippen LogP contribution in [0.1, 0.15) is 20.7 Å². The Balaban J connectivity index is 2.79.